The molecule has 0 fully saturated rings. The Morgan fingerprint density at radius 1 is 1.14 bits per heavy atom. The third kappa shape index (κ3) is 3.76. The van der Waals surface area contributed by atoms with Crippen molar-refractivity contribution in [2.75, 3.05) is 11.9 Å². The summed E-state index contributed by atoms with van der Waals surface area (Å²) in [5.74, 6) is 1.45. The van der Waals surface area contributed by atoms with Crippen LogP contribution in [0.4, 0.5) is 5.82 Å². The minimum Gasteiger partial charge on any atom is -0.393 e. The molecule has 3 heterocycles. The number of aliphatic hydroxyl groups excluding tert-OH is 1. The monoisotopic (exact) mass is 393 g/mol. The number of nitrogens with one attached hydrogen (secondary N) is 1. The molecular formula is C21H23N5OS. The zero-order valence-corrected chi connectivity index (χ0v) is 16.7. The number of fused-ring (bicyclic) bond motifs is 1. The van der Waals surface area contributed by atoms with Crippen molar-refractivity contribution in [1.29, 1.82) is 0 Å². The SMILES string of the molecule is CC(O)C(C)(CNc1ccc2nnc(-c3ccsc3)n2n1)Cc1ccccc1. The molecule has 1 aromatic carbocycles. The molecular weight excluding hydrogens is 370 g/mol. The lowest BCUT2D eigenvalue weighted by molar-refractivity contribution is 0.0619. The highest BCUT2D eigenvalue weighted by Gasteiger charge is 2.30. The second-order valence-corrected chi connectivity index (χ2v) is 8.15. The third-order valence-electron chi connectivity index (χ3n) is 5.17. The maximum absolute atomic E-state index is 10.4. The molecule has 0 bridgehead atoms. The third-order valence-corrected chi connectivity index (χ3v) is 5.86. The number of benzene rings is 1. The highest BCUT2D eigenvalue weighted by molar-refractivity contribution is 7.08. The molecule has 7 heteroatoms. The predicted molar refractivity (Wildman–Crippen MR) is 113 cm³/mol. The standard InChI is InChI=1S/C21H23N5OS/c1-15(27)21(2,12-16-6-4-3-5-7-16)14-22-18-8-9-19-23-24-20(26(19)25-18)17-10-11-28-13-17/h3-11,13,15,27H,12,14H2,1-2H3,(H,22,25). The molecule has 0 saturated carbocycles. The van der Waals surface area contributed by atoms with E-state index in [0.717, 1.165) is 23.6 Å². The Bertz CT molecular complexity index is 1050. The Labute approximate surface area is 167 Å². The van der Waals surface area contributed by atoms with Crippen LogP contribution in [-0.4, -0.2) is 37.6 Å². The summed E-state index contributed by atoms with van der Waals surface area (Å²) in [7, 11) is 0. The van der Waals surface area contributed by atoms with Crippen LogP contribution in [0.5, 0.6) is 0 Å². The molecule has 4 rings (SSSR count). The zero-order valence-electron chi connectivity index (χ0n) is 15.9. The summed E-state index contributed by atoms with van der Waals surface area (Å²) in [5.41, 5.74) is 2.57. The maximum atomic E-state index is 10.4. The summed E-state index contributed by atoms with van der Waals surface area (Å²) in [6, 6.07) is 16.0. The van der Waals surface area contributed by atoms with Crippen LogP contribution in [0.3, 0.4) is 0 Å². The number of thiophene rings is 1. The van der Waals surface area contributed by atoms with Crippen LogP contribution < -0.4 is 5.32 Å². The van der Waals surface area contributed by atoms with E-state index < -0.39 is 6.10 Å². The fourth-order valence-electron chi connectivity index (χ4n) is 3.17. The summed E-state index contributed by atoms with van der Waals surface area (Å²) < 4.78 is 1.75. The number of rotatable bonds is 7. The molecule has 0 spiro atoms. The lowest BCUT2D eigenvalue weighted by atomic mass is 9.79. The summed E-state index contributed by atoms with van der Waals surface area (Å²) >= 11 is 1.62. The second kappa shape index (κ2) is 7.69. The van der Waals surface area contributed by atoms with Crippen molar-refractivity contribution in [3.63, 3.8) is 0 Å². The first kappa shape index (κ1) is 18.6. The first-order valence-corrected chi connectivity index (χ1v) is 10.2. The lowest BCUT2D eigenvalue weighted by Gasteiger charge is -2.33. The van der Waals surface area contributed by atoms with Crippen LogP contribution in [0.2, 0.25) is 0 Å². The van der Waals surface area contributed by atoms with Crippen LogP contribution in [0.15, 0.2) is 59.3 Å². The number of aliphatic hydroxyl groups is 1. The van der Waals surface area contributed by atoms with Gasteiger partial charge in [-0.1, -0.05) is 37.3 Å². The molecule has 144 valence electrons. The van der Waals surface area contributed by atoms with E-state index >= 15 is 0 Å². The minimum absolute atomic E-state index is 0.332. The van der Waals surface area contributed by atoms with Crippen molar-refractivity contribution in [3.05, 3.63) is 64.9 Å². The van der Waals surface area contributed by atoms with Crippen LogP contribution in [0.1, 0.15) is 19.4 Å². The Balaban J connectivity index is 1.56. The van der Waals surface area contributed by atoms with Crippen molar-refractivity contribution in [2.45, 2.75) is 26.4 Å². The lowest BCUT2D eigenvalue weighted by Crippen LogP contribution is -2.39. The van der Waals surface area contributed by atoms with E-state index in [0.29, 0.717) is 12.2 Å². The summed E-state index contributed by atoms with van der Waals surface area (Å²) in [5, 5.41) is 31.0. The van der Waals surface area contributed by atoms with Gasteiger partial charge < -0.3 is 10.4 Å². The first-order valence-electron chi connectivity index (χ1n) is 9.26. The van der Waals surface area contributed by atoms with Gasteiger partial charge in [0.2, 0.25) is 0 Å². The molecule has 0 radical (unpaired) electrons. The van der Waals surface area contributed by atoms with E-state index in [1.54, 1.807) is 15.9 Å². The molecule has 0 amide bonds. The highest BCUT2D eigenvalue weighted by atomic mass is 32.1. The molecule has 2 unspecified atom stereocenters. The molecule has 28 heavy (non-hydrogen) atoms. The molecule has 0 aliphatic heterocycles. The zero-order chi connectivity index (χ0) is 19.6. The largest absolute Gasteiger partial charge is 0.393 e. The van der Waals surface area contributed by atoms with Gasteiger partial charge in [0.25, 0.3) is 0 Å². The van der Waals surface area contributed by atoms with Crippen molar-refractivity contribution in [2.24, 2.45) is 5.41 Å². The molecule has 6 nitrogen and oxygen atoms in total. The van der Waals surface area contributed by atoms with E-state index in [2.05, 4.69) is 39.7 Å². The van der Waals surface area contributed by atoms with Crippen LogP contribution in [0, 0.1) is 5.41 Å². The van der Waals surface area contributed by atoms with Gasteiger partial charge in [0.1, 0.15) is 5.82 Å². The average molecular weight is 394 g/mol. The van der Waals surface area contributed by atoms with Crippen molar-refractivity contribution >= 4 is 22.8 Å². The fourth-order valence-corrected chi connectivity index (χ4v) is 3.80. The molecule has 0 saturated heterocycles. The van der Waals surface area contributed by atoms with Gasteiger partial charge in [0, 0.05) is 22.9 Å². The van der Waals surface area contributed by atoms with Crippen LogP contribution >= 0.6 is 11.3 Å². The fraction of sp³-hybridized carbons (Fsp3) is 0.286. The van der Waals surface area contributed by atoms with E-state index in [4.69, 9.17) is 0 Å². The topological polar surface area (TPSA) is 75.3 Å². The highest BCUT2D eigenvalue weighted by Crippen LogP contribution is 2.28. The van der Waals surface area contributed by atoms with Gasteiger partial charge in [-0.2, -0.15) is 15.9 Å². The van der Waals surface area contributed by atoms with Gasteiger partial charge in [-0.3, -0.25) is 0 Å². The van der Waals surface area contributed by atoms with Gasteiger partial charge in [0.05, 0.1) is 6.10 Å². The summed E-state index contributed by atoms with van der Waals surface area (Å²) in [6.45, 7) is 4.52. The van der Waals surface area contributed by atoms with Gasteiger partial charge in [-0.15, -0.1) is 15.3 Å². The second-order valence-electron chi connectivity index (χ2n) is 7.37. The molecule has 0 aliphatic rings. The van der Waals surface area contributed by atoms with Gasteiger partial charge in [-0.25, -0.2) is 0 Å². The Kier molecular flexibility index (Phi) is 5.11. The first-order chi connectivity index (χ1) is 13.5. The number of nitrogens with zero attached hydrogens (tertiary/aromatic N) is 4. The van der Waals surface area contributed by atoms with E-state index in [1.807, 2.05) is 54.1 Å². The maximum Gasteiger partial charge on any atom is 0.186 e. The summed E-state index contributed by atoms with van der Waals surface area (Å²) in [4.78, 5) is 0. The molecule has 2 atom stereocenters. The smallest absolute Gasteiger partial charge is 0.186 e. The van der Waals surface area contributed by atoms with E-state index in [9.17, 15) is 5.11 Å². The Morgan fingerprint density at radius 2 is 1.96 bits per heavy atom. The van der Waals surface area contributed by atoms with E-state index in [1.165, 1.54) is 5.56 Å². The normalized spacial score (nSPS) is 14.7. The Hall–Kier alpha value is -2.77. The minimum atomic E-state index is -0.472. The number of hydrogen-bond acceptors (Lipinski definition) is 6. The van der Waals surface area contributed by atoms with Gasteiger partial charge in [0.15, 0.2) is 11.5 Å². The molecule has 3 aromatic heterocycles. The van der Waals surface area contributed by atoms with Gasteiger partial charge >= 0.3 is 0 Å². The molecule has 2 N–H and O–H groups in total. The van der Waals surface area contributed by atoms with Crippen LogP contribution in [-0.2, 0) is 6.42 Å². The van der Waals surface area contributed by atoms with E-state index in [-0.39, 0.29) is 5.41 Å². The van der Waals surface area contributed by atoms with Crippen LogP contribution in [0.25, 0.3) is 17.0 Å². The quantitative estimate of drug-likeness (QED) is 0.498. The predicted octanol–water partition coefficient (Wildman–Crippen LogP) is 3.89. The van der Waals surface area contributed by atoms with Crippen molar-refractivity contribution < 1.29 is 5.11 Å². The number of hydrogen-bond donors (Lipinski definition) is 2. The van der Waals surface area contributed by atoms with Crippen molar-refractivity contribution in [1.82, 2.24) is 19.8 Å². The van der Waals surface area contributed by atoms with Crippen molar-refractivity contribution in [3.8, 4) is 11.4 Å². The Morgan fingerprint density at radius 3 is 2.68 bits per heavy atom. The summed E-state index contributed by atoms with van der Waals surface area (Å²) in [6.07, 6.45) is 0.299. The average Bonchev–Trinajstić information content (AvgIpc) is 3.36. The molecule has 4 aromatic rings. The van der Waals surface area contributed by atoms with Gasteiger partial charge in [-0.05, 0) is 42.5 Å². The molecule has 0 aliphatic carbocycles. The number of aromatic nitrogens is 4. The number of anilines is 1.